The number of rotatable bonds is 9. The Morgan fingerprint density at radius 3 is 2.86 bits per heavy atom. The van der Waals surface area contributed by atoms with Crippen molar-refractivity contribution in [3.8, 4) is 5.75 Å². The number of para-hydroxylation sites is 1. The number of hydrogen-bond acceptors (Lipinski definition) is 5. The summed E-state index contributed by atoms with van der Waals surface area (Å²) in [5.41, 5.74) is 0. The molecule has 0 fully saturated rings. The molecule has 1 heterocycles. The lowest BCUT2D eigenvalue weighted by atomic mass is 10.2. The van der Waals surface area contributed by atoms with Crippen LogP contribution in [0.3, 0.4) is 0 Å². The van der Waals surface area contributed by atoms with Crippen LogP contribution in [0, 0.1) is 0 Å². The van der Waals surface area contributed by atoms with Gasteiger partial charge in [0, 0.05) is 12.2 Å². The second kappa shape index (κ2) is 8.72. The zero-order valence-electron chi connectivity index (χ0n) is 12.6. The molecule has 0 bridgehead atoms. The fraction of sp³-hybridized carbons (Fsp3) is 0.500. The van der Waals surface area contributed by atoms with Crippen molar-refractivity contribution < 1.29 is 9.26 Å². The van der Waals surface area contributed by atoms with Gasteiger partial charge in [0.05, 0.1) is 11.9 Å². The van der Waals surface area contributed by atoms with Crippen LogP contribution in [0.25, 0.3) is 0 Å². The lowest BCUT2D eigenvalue weighted by Crippen LogP contribution is -2.02. The maximum Gasteiger partial charge on any atom is 0.239 e. The standard InChI is InChI=1S/C16H22N2O2S/c1-3-4-10-15-17-16(20-18-15)13(2)21-12-11-19-14-8-6-5-7-9-14/h5-9,13H,3-4,10-12H2,1-2H3. The summed E-state index contributed by atoms with van der Waals surface area (Å²) in [4.78, 5) is 4.45. The van der Waals surface area contributed by atoms with Gasteiger partial charge in [-0.2, -0.15) is 4.98 Å². The first-order chi connectivity index (χ1) is 10.3. The average Bonchev–Trinajstić information content (AvgIpc) is 2.99. The maximum atomic E-state index is 5.66. The SMILES string of the molecule is CCCCc1noc(C(C)SCCOc2ccccc2)n1. The Hall–Kier alpha value is -1.49. The third kappa shape index (κ3) is 5.42. The minimum absolute atomic E-state index is 0.201. The van der Waals surface area contributed by atoms with Crippen LogP contribution in [0.5, 0.6) is 5.75 Å². The molecule has 4 nitrogen and oxygen atoms in total. The molecule has 0 radical (unpaired) electrons. The molecule has 1 atom stereocenters. The summed E-state index contributed by atoms with van der Waals surface area (Å²) in [5.74, 6) is 3.33. The fourth-order valence-electron chi connectivity index (χ4n) is 1.84. The first kappa shape index (κ1) is 15.9. The molecule has 0 spiro atoms. The van der Waals surface area contributed by atoms with Crippen LogP contribution >= 0.6 is 11.8 Å². The molecule has 0 aliphatic rings. The van der Waals surface area contributed by atoms with Crippen LogP contribution in [-0.4, -0.2) is 22.5 Å². The Bertz CT molecular complexity index is 516. The summed E-state index contributed by atoms with van der Waals surface area (Å²) < 4.78 is 11.0. The summed E-state index contributed by atoms with van der Waals surface area (Å²) in [5, 5.41) is 4.22. The highest BCUT2D eigenvalue weighted by Crippen LogP contribution is 2.26. The van der Waals surface area contributed by atoms with Crippen molar-refractivity contribution in [2.75, 3.05) is 12.4 Å². The highest BCUT2D eigenvalue weighted by atomic mass is 32.2. The molecule has 2 rings (SSSR count). The second-order valence-electron chi connectivity index (χ2n) is 4.83. The first-order valence-corrected chi connectivity index (χ1v) is 8.46. The summed E-state index contributed by atoms with van der Waals surface area (Å²) in [6, 6.07) is 9.86. The maximum absolute atomic E-state index is 5.66. The van der Waals surface area contributed by atoms with Crippen molar-refractivity contribution in [1.29, 1.82) is 0 Å². The van der Waals surface area contributed by atoms with E-state index in [0.29, 0.717) is 12.5 Å². The Morgan fingerprint density at radius 2 is 2.10 bits per heavy atom. The molecule has 0 saturated carbocycles. The van der Waals surface area contributed by atoms with Crippen LogP contribution in [-0.2, 0) is 6.42 Å². The highest BCUT2D eigenvalue weighted by molar-refractivity contribution is 7.99. The Kier molecular flexibility index (Phi) is 6.60. The number of aromatic nitrogens is 2. The van der Waals surface area contributed by atoms with Crippen molar-refractivity contribution in [2.45, 2.75) is 38.4 Å². The molecule has 0 saturated heterocycles. The van der Waals surface area contributed by atoms with Gasteiger partial charge in [-0.25, -0.2) is 0 Å². The molecule has 1 aromatic carbocycles. The second-order valence-corrected chi connectivity index (χ2v) is 6.28. The zero-order valence-corrected chi connectivity index (χ0v) is 13.4. The molecule has 0 aliphatic carbocycles. The lowest BCUT2D eigenvalue weighted by Gasteiger charge is -2.08. The molecule has 0 N–H and O–H groups in total. The number of ether oxygens (including phenoxy) is 1. The molecule has 21 heavy (non-hydrogen) atoms. The molecule has 1 aromatic heterocycles. The average molecular weight is 306 g/mol. The number of benzene rings is 1. The van der Waals surface area contributed by atoms with E-state index in [9.17, 15) is 0 Å². The monoisotopic (exact) mass is 306 g/mol. The lowest BCUT2D eigenvalue weighted by molar-refractivity contribution is 0.343. The van der Waals surface area contributed by atoms with E-state index in [-0.39, 0.29) is 5.25 Å². The topological polar surface area (TPSA) is 48.2 Å². The van der Waals surface area contributed by atoms with Gasteiger partial charge in [-0.05, 0) is 25.5 Å². The van der Waals surface area contributed by atoms with Crippen molar-refractivity contribution in [3.63, 3.8) is 0 Å². The van der Waals surface area contributed by atoms with Gasteiger partial charge in [-0.3, -0.25) is 0 Å². The van der Waals surface area contributed by atoms with E-state index < -0.39 is 0 Å². The quantitative estimate of drug-likeness (QED) is 0.647. The van der Waals surface area contributed by atoms with Gasteiger partial charge in [-0.1, -0.05) is 36.7 Å². The molecule has 5 heteroatoms. The van der Waals surface area contributed by atoms with E-state index in [0.717, 1.165) is 36.6 Å². The van der Waals surface area contributed by atoms with E-state index in [4.69, 9.17) is 9.26 Å². The zero-order chi connectivity index (χ0) is 14.9. The van der Waals surface area contributed by atoms with Crippen LogP contribution in [0.1, 0.15) is 43.7 Å². The van der Waals surface area contributed by atoms with Crippen LogP contribution < -0.4 is 4.74 Å². The van der Waals surface area contributed by atoms with Crippen molar-refractivity contribution >= 4 is 11.8 Å². The number of aryl methyl sites for hydroxylation is 1. The van der Waals surface area contributed by atoms with Gasteiger partial charge >= 0.3 is 0 Å². The largest absolute Gasteiger partial charge is 0.493 e. The van der Waals surface area contributed by atoms with Crippen LogP contribution in [0.2, 0.25) is 0 Å². The summed E-state index contributed by atoms with van der Waals surface area (Å²) in [6.07, 6.45) is 3.14. The van der Waals surface area contributed by atoms with Crippen molar-refractivity contribution in [3.05, 3.63) is 42.0 Å². The smallest absolute Gasteiger partial charge is 0.239 e. The molecule has 0 aliphatic heterocycles. The molecule has 114 valence electrons. The van der Waals surface area contributed by atoms with E-state index in [1.165, 1.54) is 0 Å². The van der Waals surface area contributed by atoms with Gasteiger partial charge < -0.3 is 9.26 Å². The molecular formula is C16H22N2O2S. The molecule has 1 unspecified atom stereocenters. The number of unbranched alkanes of at least 4 members (excludes halogenated alkanes) is 1. The Morgan fingerprint density at radius 1 is 1.29 bits per heavy atom. The third-order valence-corrected chi connectivity index (χ3v) is 4.15. The normalized spacial score (nSPS) is 12.3. The van der Waals surface area contributed by atoms with Crippen LogP contribution in [0.4, 0.5) is 0 Å². The first-order valence-electron chi connectivity index (χ1n) is 7.41. The molecule has 2 aromatic rings. The summed E-state index contributed by atoms with van der Waals surface area (Å²) in [7, 11) is 0. The number of thioether (sulfide) groups is 1. The predicted octanol–water partition coefficient (Wildman–Crippen LogP) is 4.29. The fourth-order valence-corrected chi connectivity index (χ4v) is 2.61. The van der Waals surface area contributed by atoms with E-state index in [1.54, 1.807) is 11.8 Å². The van der Waals surface area contributed by atoms with E-state index >= 15 is 0 Å². The van der Waals surface area contributed by atoms with Gasteiger partial charge in [0.1, 0.15) is 5.75 Å². The Balaban J connectivity index is 1.69. The molecular weight excluding hydrogens is 284 g/mol. The van der Waals surface area contributed by atoms with Gasteiger partial charge in [0.25, 0.3) is 0 Å². The van der Waals surface area contributed by atoms with Gasteiger partial charge in [0.15, 0.2) is 5.82 Å². The van der Waals surface area contributed by atoms with E-state index in [2.05, 4.69) is 24.0 Å². The predicted molar refractivity (Wildman–Crippen MR) is 85.7 cm³/mol. The molecule has 0 amide bonds. The number of hydrogen-bond donors (Lipinski definition) is 0. The minimum Gasteiger partial charge on any atom is -0.493 e. The van der Waals surface area contributed by atoms with Gasteiger partial charge in [0.2, 0.25) is 5.89 Å². The third-order valence-electron chi connectivity index (χ3n) is 3.05. The number of nitrogens with zero attached hydrogens (tertiary/aromatic N) is 2. The van der Waals surface area contributed by atoms with Gasteiger partial charge in [-0.15, -0.1) is 11.8 Å². The van der Waals surface area contributed by atoms with E-state index in [1.807, 2.05) is 30.3 Å². The van der Waals surface area contributed by atoms with Crippen molar-refractivity contribution in [1.82, 2.24) is 10.1 Å². The minimum atomic E-state index is 0.201. The highest BCUT2D eigenvalue weighted by Gasteiger charge is 2.14. The summed E-state index contributed by atoms with van der Waals surface area (Å²) >= 11 is 1.76. The summed E-state index contributed by atoms with van der Waals surface area (Å²) in [6.45, 7) is 4.92. The van der Waals surface area contributed by atoms with Crippen LogP contribution in [0.15, 0.2) is 34.9 Å². The van der Waals surface area contributed by atoms with Crippen molar-refractivity contribution in [2.24, 2.45) is 0 Å². The Labute approximate surface area is 130 Å².